The maximum absolute atomic E-state index is 12.4. The van der Waals surface area contributed by atoms with E-state index in [1.165, 1.54) is 0 Å². The van der Waals surface area contributed by atoms with Gasteiger partial charge < -0.3 is 5.32 Å². The molecule has 0 aliphatic heterocycles. The summed E-state index contributed by atoms with van der Waals surface area (Å²) in [6.07, 6.45) is -2.61. The number of nitriles is 1. The van der Waals surface area contributed by atoms with E-state index >= 15 is 0 Å². The third-order valence-electron chi connectivity index (χ3n) is 1.90. The smallest absolute Gasteiger partial charge is 0.368 e. The molecule has 0 aliphatic rings. The second-order valence-electron chi connectivity index (χ2n) is 3.12. The van der Waals surface area contributed by atoms with Crippen LogP contribution in [-0.2, 0) is 6.18 Å². The molecule has 92 valence electrons. The highest BCUT2D eigenvalue weighted by molar-refractivity contribution is 7.98. The molecule has 3 nitrogen and oxygen atoms in total. The Kier molecular flexibility index (Phi) is 4.63. The molecule has 17 heavy (non-hydrogen) atoms. The first-order valence-corrected chi connectivity index (χ1v) is 6.09. The Hall–Kier alpha value is -1.42. The molecule has 1 aromatic heterocycles. The molecule has 1 aromatic rings. The van der Waals surface area contributed by atoms with Crippen LogP contribution in [0.5, 0.6) is 0 Å². The molecule has 0 unspecified atom stereocenters. The van der Waals surface area contributed by atoms with Crippen molar-refractivity contribution in [1.29, 1.82) is 5.26 Å². The summed E-state index contributed by atoms with van der Waals surface area (Å²) in [6, 6.07) is 3.73. The number of anilines is 1. The highest BCUT2D eigenvalue weighted by Gasteiger charge is 2.33. The second kappa shape index (κ2) is 5.77. The third kappa shape index (κ3) is 3.82. The molecule has 1 rings (SSSR count). The first kappa shape index (κ1) is 13.6. The average molecular weight is 261 g/mol. The lowest BCUT2D eigenvalue weighted by Crippen LogP contribution is -2.13. The van der Waals surface area contributed by atoms with Gasteiger partial charge in [-0.2, -0.15) is 30.2 Å². The Morgan fingerprint density at radius 2 is 2.18 bits per heavy atom. The van der Waals surface area contributed by atoms with Crippen molar-refractivity contribution in [2.75, 3.05) is 23.9 Å². The van der Waals surface area contributed by atoms with Crippen LogP contribution >= 0.6 is 11.8 Å². The van der Waals surface area contributed by atoms with E-state index in [4.69, 9.17) is 5.26 Å². The Bertz CT molecular complexity index is 426. The zero-order valence-corrected chi connectivity index (χ0v) is 9.82. The molecule has 0 radical (unpaired) electrons. The number of alkyl halides is 3. The van der Waals surface area contributed by atoms with Crippen molar-refractivity contribution < 1.29 is 13.2 Å². The minimum absolute atomic E-state index is 0.0172. The van der Waals surface area contributed by atoms with Crippen LogP contribution in [0.2, 0.25) is 0 Å². The number of hydrogen-bond acceptors (Lipinski definition) is 4. The summed E-state index contributed by atoms with van der Waals surface area (Å²) >= 11 is 1.55. The first-order chi connectivity index (χ1) is 7.99. The van der Waals surface area contributed by atoms with Crippen molar-refractivity contribution in [3.05, 3.63) is 23.4 Å². The normalized spacial score (nSPS) is 11.0. The summed E-state index contributed by atoms with van der Waals surface area (Å²) in [4.78, 5) is 3.42. The Labute approximate surface area is 101 Å². The molecule has 0 atom stereocenters. The average Bonchev–Trinajstić information content (AvgIpc) is 2.28. The van der Waals surface area contributed by atoms with Crippen LogP contribution in [0.25, 0.3) is 0 Å². The fourth-order valence-corrected chi connectivity index (χ4v) is 1.42. The van der Waals surface area contributed by atoms with E-state index in [2.05, 4.69) is 10.3 Å². The lowest BCUT2D eigenvalue weighted by atomic mass is 10.2. The molecular formula is C10H10F3N3S. The maximum atomic E-state index is 12.4. The fraction of sp³-hybridized carbons (Fsp3) is 0.400. The molecule has 0 bridgehead atoms. The van der Waals surface area contributed by atoms with Crippen molar-refractivity contribution in [3.8, 4) is 6.07 Å². The molecule has 1 heterocycles. The molecule has 7 heteroatoms. The molecular weight excluding hydrogens is 251 g/mol. The zero-order chi connectivity index (χ0) is 12.9. The number of halogens is 3. The van der Waals surface area contributed by atoms with E-state index in [9.17, 15) is 13.2 Å². The minimum Gasteiger partial charge on any atom is -0.368 e. The summed E-state index contributed by atoms with van der Waals surface area (Å²) in [5, 5.41) is 11.5. The van der Waals surface area contributed by atoms with Gasteiger partial charge in [0.2, 0.25) is 0 Å². The van der Waals surface area contributed by atoms with Gasteiger partial charge in [0.05, 0.1) is 5.56 Å². The van der Waals surface area contributed by atoms with Gasteiger partial charge >= 0.3 is 6.18 Å². The summed E-state index contributed by atoms with van der Waals surface area (Å²) in [5.41, 5.74) is -0.887. The van der Waals surface area contributed by atoms with E-state index in [1.807, 2.05) is 6.26 Å². The summed E-state index contributed by atoms with van der Waals surface area (Å²) in [6.45, 7) is 0.462. The van der Waals surface area contributed by atoms with Gasteiger partial charge in [-0.3, -0.25) is 0 Å². The number of nitrogens with zero attached hydrogens (tertiary/aromatic N) is 2. The number of rotatable bonds is 4. The summed E-state index contributed by atoms with van der Waals surface area (Å²) < 4.78 is 37.2. The molecule has 1 N–H and O–H groups in total. The topological polar surface area (TPSA) is 48.7 Å². The van der Waals surface area contributed by atoms with E-state index in [1.54, 1.807) is 17.8 Å². The van der Waals surface area contributed by atoms with Gasteiger partial charge in [-0.05, 0) is 18.4 Å². The Balaban J connectivity index is 2.96. The van der Waals surface area contributed by atoms with Gasteiger partial charge in [0.1, 0.15) is 17.6 Å². The van der Waals surface area contributed by atoms with Crippen molar-refractivity contribution in [1.82, 2.24) is 4.98 Å². The second-order valence-corrected chi connectivity index (χ2v) is 4.11. The van der Waals surface area contributed by atoms with E-state index in [0.29, 0.717) is 6.54 Å². The standard InChI is InChI=1S/C10H10F3N3S/c1-17-5-4-15-9-7(6-14)2-3-8(16-9)10(11,12)13/h2-3H,4-5H2,1H3,(H,15,16). The zero-order valence-electron chi connectivity index (χ0n) is 9.01. The molecule has 0 saturated carbocycles. The van der Waals surface area contributed by atoms with Gasteiger partial charge in [-0.15, -0.1) is 0 Å². The predicted molar refractivity (Wildman–Crippen MR) is 60.8 cm³/mol. The molecule has 0 fully saturated rings. The quantitative estimate of drug-likeness (QED) is 0.847. The first-order valence-electron chi connectivity index (χ1n) is 4.70. The third-order valence-corrected chi connectivity index (χ3v) is 2.52. The van der Waals surface area contributed by atoms with Crippen LogP contribution in [0.15, 0.2) is 12.1 Å². The van der Waals surface area contributed by atoms with Crippen molar-refractivity contribution in [2.24, 2.45) is 0 Å². The van der Waals surface area contributed by atoms with Gasteiger partial charge in [0, 0.05) is 12.3 Å². The van der Waals surface area contributed by atoms with Gasteiger partial charge in [-0.1, -0.05) is 0 Å². The van der Waals surface area contributed by atoms with Crippen LogP contribution in [0.4, 0.5) is 19.0 Å². The Morgan fingerprint density at radius 3 is 2.71 bits per heavy atom. The van der Waals surface area contributed by atoms with E-state index < -0.39 is 11.9 Å². The van der Waals surface area contributed by atoms with E-state index in [0.717, 1.165) is 17.9 Å². The molecule has 0 spiro atoms. The van der Waals surface area contributed by atoms with Crippen molar-refractivity contribution >= 4 is 17.6 Å². The number of thioether (sulfide) groups is 1. The van der Waals surface area contributed by atoms with Crippen molar-refractivity contribution in [3.63, 3.8) is 0 Å². The number of hydrogen-bond donors (Lipinski definition) is 1. The van der Waals surface area contributed by atoms with Crippen LogP contribution in [0, 0.1) is 11.3 Å². The number of nitrogens with one attached hydrogen (secondary N) is 1. The summed E-state index contributed by atoms with van der Waals surface area (Å²) in [5.74, 6) is 0.708. The van der Waals surface area contributed by atoms with Crippen molar-refractivity contribution in [2.45, 2.75) is 6.18 Å². The monoisotopic (exact) mass is 261 g/mol. The highest BCUT2D eigenvalue weighted by Crippen LogP contribution is 2.29. The molecule has 0 aromatic carbocycles. The Morgan fingerprint density at radius 1 is 1.47 bits per heavy atom. The lowest BCUT2D eigenvalue weighted by molar-refractivity contribution is -0.141. The number of aromatic nitrogens is 1. The lowest BCUT2D eigenvalue weighted by Gasteiger charge is -2.10. The van der Waals surface area contributed by atoms with Crippen LogP contribution in [0.1, 0.15) is 11.3 Å². The number of pyridine rings is 1. The largest absolute Gasteiger partial charge is 0.433 e. The van der Waals surface area contributed by atoms with Crippen LogP contribution < -0.4 is 5.32 Å². The fourth-order valence-electron chi connectivity index (χ4n) is 1.11. The van der Waals surface area contributed by atoms with Gasteiger partial charge in [0.15, 0.2) is 0 Å². The minimum atomic E-state index is -4.50. The van der Waals surface area contributed by atoms with E-state index in [-0.39, 0.29) is 11.4 Å². The molecule has 0 aliphatic carbocycles. The molecule has 0 amide bonds. The summed E-state index contributed by atoms with van der Waals surface area (Å²) in [7, 11) is 0. The maximum Gasteiger partial charge on any atom is 0.433 e. The highest BCUT2D eigenvalue weighted by atomic mass is 32.2. The van der Waals surface area contributed by atoms with Gasteiger partial charge in [-0.25, -0.2) is 4.98 Å². The molecule has 0 saturated heterocycles. The van der Waals surface area contributed by atoms with Gasteiger partial charge in [0.25, 0.3) is 0 Å². The SMILES string of the molecule is CSCCNc1nc(C(F)(F)F)ccc1C#N. The van der Waals surface area contributed by atoms with Crippen LogP contribution in [-0.4, -0.2) is 23.5 Å². The van der Waals surface area contributed by atoms with Crippen LogP contribution in [0.3, 0.4) is 0 Å². The predicted octanol–water partition coefficient (Wildman–Crippen LogP) is 2.75.